The van der Waals surface area contributed by atoms with Crippen LogP contribution in [0.2, 0.25) is 0 Å². The average molecular weight is 292 g/mol. The number of aromatic nitrogens is 2. The van der Waals surface area contributed by atoms with Gasteiger partial charge in [-0.25, -0.2) is 0 Å². The summed E-state index contributed by atoms with van der Waals surface area (Å²) in [5.41, 5.74) is 1.01. The number of thiophene rings is 1. The Hall–Kier alpha value is -1.24. The molecule has 0 aromatic carbocycles. The molecule has 3 heterocycles. The Bertz CT molecular complexity index is 519. The summed E-state index contributed by atoms with van der Waals surface area (Å²) in [6.07, 6.45) is 2.35. The van der Waals surface area contributed by atoms with Crippen LogP contribution in [-0.2, 0) is 6.54 Å². The van der Waals surface area contributed by atoms with E-state index in [4.69, 9.17) is 4.52 Å². The van der Waals surface area contributed by atoms with Crippen LogP contribution in [0.25, 0.3) is 11.5 Å². The van der Waals surface area contributed by atoms with Crippen LogP contribution in [0.5, 0.6) is 0 Å². The van der Waals surface area contributed by atoms with E-state index < -0.39 is 0 Å². The van der Waals surface area contributed by atoms with Gasteiger partial charge < -0.3 is 9.84 Å². The van der Waals surface area contributed by atoms with E-state index in [1.807, 2.05) is 16.8 Å². The second-order valence-electron chi connectivity index (χ2n) is 5.14. The standard InChI is InChI=1S/C14H20N4OS/c1-2-6-18(12-3-5-15-8-12)9-13-16-14(19-17-13)11-4-7-20-10-11/h4,7,10,12,15H,2-3,5-6,8-9H2,1H3. The van der Waals surface area contributed by atoms with E-state index in [-0.39, 0.29) is 0 Å². The van der Waals surface area contributed by atoms with Crippen molar-refractivity contribution in [1.82, 2.24) is 20.4 Å². The highest BCUT2D eigenvalue weighted by Crippen LogP contribution is 2.21. The molecule has 3 rings (SSSR count). The monoisotopic (exact) mass is 292 g/mol. The Balaban J connectivity index is 1.68. The lowest BCUT2D eigenvalue weighted by molar-refractivity contribution is 0.192. The molecule has 0 amide bonds. The molecule has 0 radical (unpaired) electrons. The lowest BCUT2D eigenvalue weighted by Gasteiger charge is -2.26. The van der Waals surface area contributed by atoms with Crippen molar-refractivity contribution in [2.45, 2.75) is 32.4 Å². The van der Waals surface area contributed by atoms with E-state index in [1.54, 1.807) is 11.3 Å². The predicted octanol–water partition coefficient (Wildman–Crippen LogP) is 2.37. The number of nitrogens with one attached hydrogen (secondary N) is 1. The summed E-state index contributed by atoms with van der Waals surface area (Å²) in [4.78, 5) is 6.97. The Morgan fingerprint density at radius 3 is 3.20 bits per heavy atom. The topological polar surface area (TPSA) is 54.2 Å². The minimum absolute atomic E-state index is 0.595. The SMILES string of the molecule is CCCN(Cc1noc(-c2ccsc2)n1)C1CCNC1. The molecule has 1 aliphatic rings. The van der Waals surface area contributed by atoms with Gasteiger partial charge in [-0.1, -0.05) is 12.1 Å². The number of rotatable bonds is 6. The lowest BCUT2D eigenvalue weighted by atomic mass is 10.2. The Morgan fingerprint density at radius 1 is 1.55 bits per heavy atom. The van der Waals surface area contributed by atoms with Crippen molar-refractivity contribution in [2.24, 2.45) is 0 Å². The van der Waals surface area contributed by atoms with Crippen molar-refractivity contribution >= 4 is 11.3 Å². The fourth-order valence-electron chi connectivity index (χ4n) is 2.63. The van der Waals surface area contributed by atoms with Crippen LogP contribution in [0.3, 0.4) is 0 Å². The summed E-state index contributed by atoms with van der Waals surface area (Å²) >= 11 is 1.64. The molecule has 5 nitrogen and oxygen atoms in total. The zero-order chi connectivity index (χ0) is 13.8. The van der Waals surface area contributed by atoms with Gasteiger partial charge in [0.15, 0.2) is 5.82 Å². The molecular weight excluding hydrogens is 272 g/mol. The molecule has 20 heavy (non-hydrogen) atoms. The van der Waals surface area contributed by atoms with Crippen LogP contribution in [-0.4, -0.2) is 40.7 Å². The number of nitrogens with zero attached hydrogens (tertiary/aromatic N) is 3. The summed E-state index contributed by atoms with van der Waals surface area (Å²) in [7, 11) is 0. The second kappa shape index (κ2) is 6.47. The molecule has 2 aromatic heterocycles. The molecule has 1 saturated heterocycles. The molecule has 0 aliphatic carbocycles. The van der Waals surface area contributed by atoms with Crippen LogP contribution in [0, 0.1) is 0 Å². The number of hydrogen-bond donors (Lipinski definition) is 1. The molecule has 0 saturated carbocycles. The normalized spacial score (nSPS) is 19.0. The van der Waals surface area contributed by atoms with Gasteiger partial charge in [0, 0.05) is 18.0 Å². The third kappa shape index (κ3) is 3.08. The molecule has 0 spiro atoms. The van der Waals surface area contributed by atoms with Gasteiger partial charge in [-0.15, -0.1) is 0 Å². The van der Waals surface area contributed by atoms with E-state index in [2.05, 4.69) is 27.3 Å². The molecule has 6 heteroatoms. The zero-order valence-electron chi connectivity index (χ0n) is 11.7. The highest BCUT2D eigenvalue weighted by Gasteiger charge is 2.23. The third-order valence-corrected chi connectivity index (χ3v) is 4.33. The average Bonchev–Trinajstić information content (AvgIpc) is 3.20. The molecule has 2 aromatic rings. The summed E-state index contributed by atoms with van der Waals surface area (Å²) in [5.74, 6) is 1.41. The van der Waals surface area contributed by atoms with Gasteiger partial charge in [-0.2, -0.15) is 16.3 Å². The Morgan fingerprint density at radius 2 is 2.50 bits per heavy atom. The smallest absolute Gasteiger partial charge is 0.258 e. The Kier molecular flexibility index (Phi) is 4.44. The molecule has 108 valence electrons. The van der Waals surface area contributed by atoms with Crippen LogP contribution in [0.4, 0.5) is 0 Å². The fraction of sp³-hybridized carbons (Fsp3) is 0.571. The van der Waals surface area contributed by atoms with Crippen molar-refractivity contribution in [3.63, 3.8) is 0 Å². The maximum Gasteiger partial charge on any atom is 0.258 e. The van der Waals surface area contributed by atoms with E-state index in [0.29, 0.717) is 11.9 Å². The van der Waals surface area contributed by atoms with Crippen LogP contribution >= 0.6 is 11.3 Å². The first kappa shape index (κ1) is 13.7. The molecule has 1 fully saturated rings. The first-order valence-corrected chi connectivity index (χ1v) is 8.11. The van der Waals surface area contributed by atoms with Gasteiger partial charge in [0.05, 0.1) is 12.1 Å². The van der Waals surface area contributed by atoms with Crippen molar-refractivity contribution in [3.05, 3.63) is 22.7 Å². The number of hydrogen-bond acceptors (Lipinski definition) is 6. The van der Waals surface area contributed by atoms with Gasteiger partial charge in [0.25, 0.3) is 5.89 Å². The second-order valence-corrected chi connectivity index (χ2v) is 5.92. The van der Waals surface area contributed by atoms with Crippen molar-refractivity contribution in [3.8, 4) is 11.5 Å². The van der Waals surface area contributed by atoms with E-state index in [1.165, 1.54) is 6.42 Å². The van der Waals surface area contributed by atoms with Crippen molar-refractivity contribution in [1.29, 1.82) is 0 Å². The van der Waals surface area contributed by atoms with E-state index in [0.717, 1.165) is 44.0 Å². The van der Waals surface area contributed by atoms with E-state index >= 15 is 0 Å². The first-order valence-electron chi connectivity index (χ1n) is 7.16. The van der Waals surface area contributed by atoms with Crippen LogP contribution in [0.15, 0.2) is 21.3 Å². The van der Waals surface area contributed by atoms with Crippen molar-refractivity contribution < 1.29 is 4.52 Å². The van der Waals surface area contributed by atoms with Gasteiger partial charge in [0.1, 0.15) is 0 Å². The predicted molar refractivity (Wildman–Crippen MR) is 79.6 cm³/mol. The zero-order valence-corrected chi connectivity index (χ0v) is 12.5. The Labute approximate surface area is 123 Å². The highest BCUT2D eigenvalue weighted by molar-refractivity contribution is 7.08. The largest absolute Gasteiger partial charge is 0.334 e. The van der Waals surface area contributed by atoms with Gasteiger partial charge >= 0.3 is 0 Å². The molecule has 1 atom stereocenters. The minimum atomic E-state index is 0.595. The summed E-state index contributed by atoms with van der Waals surface area (Å²) in [5, 5.41) is 11.6. The summed E-state index contributed by atoms with van der Waals surface area (Å²) in [6.45, 7) is 6.23. The quantitative estimate of drug-likeness (QED) is 0.886. The minimum Gasteiger partial charge on any atom is -0.334 e. The molecule has 1 N–H and O–H groups in total. The van der Waals surface area contributed by atoms with Gasteiger partial charge in [-0.3, -0.25) is 4.90 Å². The van der Waals surface area contributed by atoms with Gasteiger partial charge in [-0.05, 0) is 37.4 Å². The highest BCUT2D eigenvalue weighted by atomic mass is 32.1. The lowest BCUT2D eigenvalue weighted by Crippen LogP contribution is -2.37. The van der Waals surface area contributed by atoms with Crippen molar-refractivity contribution in [2.75, 3.05) is 19.6 Å². The third-order valence-electron chi connectivity index (χ3n) is 3.64. The summed E-state index contributed by atoms with van der Waals surface area (Å²) in [6, 6.07) is 2.60. The van der Waals surface area contributed by atoms with Crippen LogP contribution in [0.1, 0.15) is 25.6 Å². The fourth-order valence-corrected chi connectivity index (χ4v) is 3.26. The maximum atomic E-state index is 5.35. The molecular formula is C14H20N4OS. The molecule has 0 bridgehead atoms. The molecule has 1 unspecified atom stereocenters. The molecule has 1 aliphatic heterocycles. The van der Waals surface area contributed by atoms with Crippen LogP contribution < -0.4 is 5.32 Å². The van der Waals surface area contributed by atoms with E-state index in [9.17, 15) is 0 Å². The maximum absolute atomic E-state index is 5.35. The summed E-state index contributed by atoms with van der Waals surface area (Å²) < 4.78 is 5.35. The van der Waals surface area contributed by atoms with Gasteiger partial charge in [0.2, 0.25) is 0 Å². The first-order chi connectivity index (χ1) is 9.86.